The number of halogens is 1. The van der Waals surface area contributed by atoms with Crippen LogP contribution in [0.1, 0.15) is 45.2 Å². The van der Waals surface area contributed by atoms with Gasteiger partial charge in [0, 0.05) is 22.0 Å². The fourth-order valence-corrected chi connectivity index (χ4v) is 6.66. The van der Waals surface area contributed by atoms with E-state index in [0.29, 0.717) is 5.69 Å². The molecule has 2 bridgehead atoms. The van der Waals surface area contributed by atoms with E-state index in [4.69, 9.17) is 4.74 Å². The average molecular weight is 573 g/mol. The lowest BCUT2D eigenvalue weighted by atomic mass is 9.55. The average Bonchev–Trinajstić information content (AvgIpc) is 3.16. The Balaban J connectivity index is 1.17. The Morgan fingerprint density at radius 1 is 0.842 bits per heavy atom. The topological polar surface area (TPSA) is 92.8 Å². The number of carbonyl (C=O) groups is 4. The normalized spacial score (nSPS) is 22.6. The third kappa shape index (κ3) is 3.77. The monoisotopic (exact) mass is 572 g/mol. The first-order valence-electron chi connectivity index (χ1n) is 12.5. The van der Waals surface area contributed by atoms with Crippen LogP contribution in [-0.2, 0) is 23.9 Å². The first-order chi connectivity index (χ1) is 18.3. The molecule has 1 saturated heterocycles. The summed E-state index contributed by atoms with van der Waals surface area (Å²) in [6.45, 7) is 2.80. The summed E-state index contributed by atoms with van der Waals surface area (Å²) in [7, 11) is 0. The summed E-state index contributed by atoms with van der Waals surface area (Å²) >= 11 is 3.49. The molecule has 2 atom stereocenters. The van der Waals surface area contributed by atoms with Crippen molar-refractivity contribution in [1.82, 2.24) is 4.90 Å². The molecule has 0 radical (unpaired) electrons. The van der Waals surface area contributed by atoms with E-state index in [9.17, 15) is 19.2 Å². The number of aryl methyl sites for hydroxylation is 2. The van der Waals surface area contributed by atoms with Gasteiger partial charge in [0.1, 0.15) is 6.54 Å². The van der Waals surface area contributed by atoms with Crippen LogP contribution in [0, 0.1) is 25.7 Å². The summed E-state index contributed by atoms with van der Waals surface area (Å²) in [5.41, 5.74) is 6.78. The van der Waals surface area contributed by atoms with Crippen LogP contribution in [0.4, 0.5) is 5.69 Å². The third-order valence-electron chi connectivity index (χ3n) is 7.91. The number of benzene rings is 3. The zero-order valence-electron chi connectivity index (χ0n) is 20.9. The van der Waals surface area contributed by atoms with Gasteiger partial charge in [0.15, 0.2) is 6.61 Å². The number of amides is 3. The van der Waals surface area contributed by atoms with Gasteiger partial charge in [0.25, 0.3) is 5.91 Å². The number of nitrogens with zero attached hydrogens (tertiary/aromatic N) is 1. The van der Waals surface area contributed by atoms with Crippen molar-refractivity contribution in [1.29, 1.82) is 0 Å². The summed E-state index contributed by atoms with van der Waals surface area (Å²) in [5, 5.41) is 2.71. The Morgan fingerprint density at radius 3 is 1.74 bits per heavy atom. The minimum atomic E-state index is -0.800. The highest BCUT2D eigenvalue weighted by molar-refractivity contribution is 9.10. The summed E-state index contributed by atoms with van der Waals surface area (Å²) in [4.78, 5) is 53.2. The number of hydrogen-bond acceptors (Lipinski definition) is 5. The molecule has 7 nitrogen and oxygen atoms in total. The van der Waals surface area contributed by atoms with Crippen molar-refractivity contribution in [3.63, 3.8) is 0 Å². The van der Waals surface area contributed by atoms with Crippen molar-refractivity contribution in [3.05, 3.63) is 98.5 Å². The molecule has 0 saturated carbocycles. The van der Waals surface area contributed by atoms with Gasteiger partial charge in [-0.15, -0.1) is 0 Å². The highest BCUT2D eigenvalue weighted by atomic mass is 79.9. The number of anilines is 1. The van der Waals surface area contributed by atoms with Crippen LogP contribution in [0.5, 0.6) is 0 Å². The van der Waals surface area contributed by atoms with Gasteiger partial charge in [0.05, 0.1) is 11.8 Å². The molecule has 4 aliphatic rings. The van der Waals surface area contributed by atoms with E-state index in [2.05, 4.69) is 21.2 Å². The van der Waals surface area contributed by atoms with Crippen LogP contribution in [-0.4, -0.2) is 41.7 Å². The van der Waals surface area contributed by atoms with Crippen molar-refractivity contribution in [2.24, 2.45) is 11.8 Å². The summed E-state index contributed by atoms with van der Waals surface area (Å²) in [6, 6.07) is 19.5. The van der Waals surface area contributed by atoms with Crippen LogP contribution in [0.25, 0.3) is 0 Å². The second-order valence-electron chi connectivity index (χ2n) is 10.2. The first-order valence-corrected chi connectivity index (χ1v) is 13.3. The van der Waals surface area contributed by atoms with Gasteiger partial charge in [-0.05, 0) is 59.4 Å². The Morgan fingerprint density at radius 2 is 1.29 bits per heavy atom. The van der Waals surface area contributed by atoms with Crippen LogP contribution < -0.4 is 5.32 Å². The number of hydrogen-bond donors (Lipinski definition) is 1. The fraction of sp³-hybridized carbons (Fsp3) is 0.267. The Kier molecular flexibility index (Phi) is 5.94. The van der Waals surface area contributed by atoms with Gasteiger partial charge in [-0.1, -0.05) is 64.5 Å². The number of esters is 1. The Labute approximate surface area is 228 Å². The maximum atomic E-state index is 13.6. The van der Waals surface area contributed by atoms with Gasteiger partial charge in [0.2, 0.25) is 11.8 Å². The molecule has 0 spiro atoms. The molecule has 7 rings (SSSR count). The van der Waals surface area contributed by atoms with Gasteiger partial charge >= 0.3 is 5.97 Å². The van der Waals surface area contributed by atoms with Gasteiger partial charge in [-0.25, -0.2) is 0 Å². The molecule has 0 aromatic heterocycles. The van der Waals surface area contributed by atoms with Gasteiger partial charge in [-0.2, -0.15) is 0 Å². The molecular weight excluding hydrogens is 548 g/mol. The molecule has 3 aromatic rings. The number of likely N-dealkylation sites (tertiary alicyclic amines) is 1. The van der Waals surface area contributed by atoms with E-state index >= 15 is 0 Å². The molecule has 1 aliphatic heterocycles. The van der Waals surface area contributed by atoms with E-state index < -0.39 is 36.9 Å². The van der Waals surface area contributed by atoms with Crippen LogP contribution in [0.15, 0.2) is 65.1 Å². The number of carbonyl (C=O) groups excluding carboxylic acids is 4. The highest BCUT2D eigenvalue weighted by Gasteiger charge is 2.61. The number of ether oxygens (including phenoxy) is 1. The Bertz CT molecular complexity index is 1390. The lowest BCUT2D eigenvalue weighted by Crippen LogP contribution is -2.41. The van der Waals surface area contributed by atoms with Crippen LogP contribution >= 0.6 is 15.9 Å². The van der Waals surface area contributed by atoms with Crippen molar-refractivity contribution >= 4 is 45.3 Å². The number of rotatable bonds is 5. The van der Waals surface area contributed by atoms with E-state index in [1.165, 1.54) is 0 Å². The standard InChI is InChI=1S/C30H25BrN2O5/c1-15-11-17(12-16(2)28(15)31)32-22(34)14-38-23(35)13-33-29(36)26-24-18-7-3-4-8-19(18)25(27(26)30(33)37)21-10-6-5-9-20(21)24/h3-12,24-27H,13-14H2,1-2H3,(H,32,34)/t24?,25?,26-,27-/m1/s1. The molecule has 1 N–H and O–H groups in total. The molecule has 38 heavy (non-hydrogen) atoms. The summed E-state index contributed by atoms with van der Waals surface area (Å²) in [5.74, 6) is -3.61. The lowest BCUT2D eigenvalue weighted by molar-refractivity contribution is -0.154. The van der Waals surface area contributed by atoms with Crippen LogP contribution in [0.3, 0.4) is 0 Å². The number of imide groups is 1. The zero-order chi connectivity index (χ0) is 26.7. The molecule has 192 valence electrons. The quantitative estimate of drug-likeness (QED) is 0.360. The molecule has 0 unspecified atom stereocenters. The Hall–Kier alpha value is -3.78. The highest BCUT2D eigenvalue weighted by Crippen LogP contribution is 2.60. The zero-order valence-corrected chi connectivity index (χ0v) is 22.4. The van der Waals surface area contributed by atoms with E-state index in [0.717, 1.165) is 42.8 Å². The number of nitrogens with one attached hydrogen (secondary N) is 1. The smallest absolute Gasteiger partial charge is 0.326 e. The SMILES string of the molecule is Cc1cc(NC(=O)COC(=O)CN2C(=O)[C@@H]3C4c5ccccc5C(c5ccccc54)[C@H]3C2=O)cc(C)c1Br. The molecular formula is C30H25BrN2O5. The minimum Gasteiger partial charge on any atom is -0.454 e. The van der Waals surface area contributed by atoms with Crippen molar-refractivity contribution in [3.8, 4) is 0 Å². The maximum absolute atomic E-state index is 13.6. The summed E-state index contributed by atoms with van der Waals surface area (Å²) < 4.78 is 6.12. The van der Waals surface area contributed by atoms with Crippen molar-refractivity contribution < 1.29 is 23.9 Å². The molecule has 3 amide bonds. The predicted molar refractivity (Wildman–Crippen MR) is 143 cm³/mol. The van der Waals surface area contributed by atoms with Gasteiger partial charge in [-0.3, -0.25) is 24.1 Å². The molecule has 8 heteroatoms. The maximum Gasteiger partial charge on any atom is 0.326 e. The second-order valence-corrected chi connectivity index (χ2v) is 11.0. The molecule has 1 heterocycles. The largest absolute Gasteiger partial charge is 0.454 e. The van der Waals surface area contributed by atoms with Crippen molar-refractivity contribution in [2.75, 3.05) is 18.5 Å². The van der Waals surface area contributed by atoms with Gasteiger partial charge < -0.3 is 10.1 Å². The lowest BCUT2D eigenvalue weighted by Gasteiger charge is -2.45. The van der Waals surface area contributed by atoms with E-state index in [1.54, 1.807) is 0 Å². The van der Waals surface area contributed by atoms with E-state index in [-0.39, 0.29) is 23.7 Å². The fourth-order valence-electron chi connectivity index (χ4n) is 6.43. The predicted octanol–water partition coefficient (Wildman–Crippen LogP) is 4.44. The minimum absolute atomic E-state index is 0.238. The molecule has 3 aliphatic carbocycles. The summed E-state index contributed by atoms with van der Waals surface area (Å²) in [6.07, 6.45) is 0. The first kappa shape index (κ1) is 24.6. The third-order valence-corrected chi connectivity index (χ3v) is 9.16. The van der Waals surface area contributed by atoms with E-state index in [1.807, 2.05) is 74.5 Å². The van der Waals surface area contributed by atoms with Crippen LogP contribution in [0.2, 0.25) is 0 Å². The molecule has 3 aromatic carbocycles. The molecule has 1 fully saturated rings. The van der Waals surface area contributed by atoms with Crippen molar-refractivity contribution in [2.45, 2.75) is 25.7 Å². The second kappa shape index (κ2) is 9.20.